The van der Waals surface area contributed by atoms with Crippen LogP contribution in [0.4, 0.5) is 10.1 Å². The first kappa shape index (κ1) is 26.9. The quantitative estimate of drug-likeness (QED) is 0.273. The monoisotopic (exact) mass is 538 g/mol. The second kappa shape index (κ2) is 11.2. The number of aromatic nitrogens is 2. The fourth-order valence-electron chi connectivity index (χ4n) is 5.92. The summed E-state index contributed by atoms with van der Waals surface area (Å²) in [6, 6.07) is 15.6. The molecule has 2 aromatic carbocycles. The Morgan fingerprint density at radius 1 is 1.12 bits per heavy atom. The highest BCUT2D eigenvalue weighted by molar-refractivity contribution is 6.04. The van der Waals surface area contributed by atoms with E-state index in [1.807, 2.05) is 30.3 Å². The zero-order valence-electron chi connectivity index (χ0n) is 22.2. The van der Waals surface area contributed by atoms with E-state index in [1.54, 1.807) is 12.1 Å². The molecule has 0 spiro atoms. The van der Waals surface area contributed by atoms with Crippen molar-refractivity contribution in [3.63, 3.8) is 0 Å². The molecule has 3 atom stereocenters. The van der Waals surface area contributed by atoms with Gasteiger partial charge in [0.1, 0.15) is 5.82 Å². The van der Waals surface area contributed by atoms with Crippen molar-refractivity contribution in [2.75, 3.05) is 5.32 Å². The maximum Gasteiger partial charge on any atom is 0.272 e. The van der Waals surface area contributed by atoms with Gasteiger partial charge in [-0.3, -0.25) is 9.59 Å². The van der Waals surface area contributed by atoms with Crippen molar-refractivity contribution >= 4 is 23.7 Å². The summed E-state index contributed by atoms with van der Waals surface area (Å²) in [6.07, 6.45) is 9.34. The van der Waals surface area contributed by atoms with E-state index in [4.69, 9.17) is 11.1 Å². The van der Waals surface area contributed by atoms with Crippen LogP contribution in [0.15, 0.2) is 89.9 Å². The molecule has 1 unspecified atom stereocenters. The van der Waals surface area contributed by atoms with Gasteiger partial charge in [-0.25, -0.2) is 14.4 Å². The summed E-state index contributed by atoms with van der Waals surface area (Å²) in [7, 11) is 0. The van der Waals surface area contributed by atoms with E-state index < -0.39 is 11.8 Å². The number of primary amides is 1. The number of allylic oxidation sites excluding steroid dienone is 3. The number of nitrogens with zero attached hydrogens (tertiary/aromatic N) is 2. The molecule has 8 nitrogen and oxygen atoms in total. The second-order valence-corrected chi connectivity index (χ2v) is 10.5. The van der Waals surface area contributed by atoms with Crippen LogP contribution in [0.3, 0.4) is 0 Å². The van der Waals surface area contributed by atoms with Gasteiger partial charge in [0.15, 0.2) is 11.4 Å². The molecule has 0 saturated heterocycles. The van der Waals surface area contributed by atoms with Crippen molar-refractivity contribution in [3.8, 4) is 0 Å². The predicted octanol–water partition coefficient (Wildman–Crippen LogP) is 5.34. The van der Waals surface area contributed by atoms with E-state index in [2.05, 4.69) is 33.6 Å². The second-order valence-electron chi connectivity index (χ2n) is 10.5. The van der Waals surface area contributed by atoms with Gasteiger partial charge in [0.2, 0.25) is 0 Å². The fourth-order valence-corrected chi connectivity index (χ4v) is 5.92. The molecule has 9 heteroatoms. The summed E-state index contributed by atoms with van der Waals surface area (Å²) >= 11 is 0. The number of rotatable bonds is 9. The standard InChI is InChI=1S/C31H31FN6O2/c1-31-17-20(18-33)26(37-24-11-9-23(32)10-12-24)16-22(31)8-7-21(31)15-25(19-5-3-2-4-6-19)38-30(40)28-27(29(34)39)35-13-14-36-28/h2-6,9-14,16,18,21,25,33,37H,7-8,15,17H2,1H3,(H2,34,39)(H,38,40)/t21-,25?,31-/m1/s1. The van der Waals surface area contributed by atoms with Crippen LogP contribution in [0.2, 0.25) is 0 Å². The summed E-state index contributed by atoms with van der Waals surface area (Å²) in [5.74, 6) is -1.41. The number of carbonyl (C=O) groups is 2. The number of nitrogens with one attached hydrogen (secondary N) is 3. The summed E-state index contributed by atoms with van der Waals surface area (Å²) in [5.41, 5.74) is 9.68. The minimum atomic E-state index is -0.814. The van der Waals surface area contributed by atoms with Crippen LogP contribution in [0.25, 0.3) is 0 Å². The van der Waals surface area contributed by atoms with Crippen molar-refractivity contribution in [1.82, 2.24) is 15.3 Å². The Bertz CT molecular complexity index is 1500. The summed E-state index contributed by atoms with van der Waals surface area (Å²) < 4.78 is 13.4. The van der Waals surface area contributed by atoms with E-state index in [0.717, 1.165) is 35.4 Å². The highest BCUT2D eigenvalue weighted by Crippen LogP contribution is 2.56. The summed E-state index contributed by atoms with van der Waals surface area (Å²) in [6.45, 7) is 2.23. The molecule has 1 aromatic heterocycles. The van der Waals surface area contributed by atoms with Gasteiger partial charge in [-0.05, 0) is 78.5 Å². The van der Waals surface area contributed by atoms with E-state index in [1.165, 1.54) is 36.3 Å². The fraction of sp³-hybridized carbons (Fsp3) is 0.258. The topological polar surface area (TPSA) is 134 Å². The zero-order chi connectivity index (χ0) is 28.3. The lowest BCUT2D eigenvalue weighted by Crippen LogP contribution is -2.35. The van der Waals surface area contributed by atoms with E-state index >= 15 is 0 Å². The number of nitrogens with two attached hydrogens (primary N) is 1. The van der Waals surface area contributed by atoms with Crippen molar-refractivity contribution in [1.29, 1.82) is 5.41 Å². The molecule has 1 saturated carbocycles. The normalized spacial score (nSPS) is 20.8. The number of hydrogen-bond acceptors (Lipinski definition) is 6. The van der Waals surface area contributed by atoms with Crippen LogP contribution in [-0.2, 0) is 0 Å². The Morgan fingerprint density at radius 2 is 1.82 bits per heavy atom. The first-order chi connectivity index (χ1) is 19.3. The summed E-state index contributed by atoms with van der Waals surface area (Å²) in [4.78, 5) is 33.2. The molecule has 2 amide bonds. The van der Waals surface area contributed by atoms with Crippen molar-refractivity contribution in [2.45, 2.75) is 38.6 Å². The number of anilines is 1. The molecule has 40 heavy (non-hydrogen) atoms. The smallest absolute Gasteiger partial charge is 0.272 e. The Kier molecular flexibility index (Phi) is 7.55. The van der Waals surface area contributed by atoms with Crippen LogP contribution in [0.5, 0.6) is 0 Å². The Morgan fingerprint density at radius 3 is 2.50 bits per heavy atom. The maximum absolute atomic E-state index is 13.4. The molecular weight excluding hydrogens is 507 g/mol. The third-order valence-corrected chi connectivity index (χ3v) is 8.09. The third-order valence-electron chi connectivity index (χ3n) is 8.09. The van der Waals surface area contributed by atoms with Crippen molar-refractivity contribution in [2.24, 2.45) is 17.1 Å². The minimum Gasteiger partial charge on any atom is -0.364 e. The van der Waals surface area contributed by atoms with Gasteiger partial charge in [0.25, 0.3) is 11.8 Å². The van der Waals surface area contributed by atoms with E-state index in [-0.39, 0.29) is 34.6 Å². The van der Waals surface area contributed by atoms with Gasteiger partial charge in [-0.2, -0.15) is 0 Å². The number of halogens is 1. The van der Waals surface area contributed by atoms with Gasteiger partial charge in [0.05, 0.1) is 6.04 Å². The lowest BCUT2D eigenvalue weighted by Gasteiger charge is -2.39. The molecule has 204 valence electrons. The highest BCUT2D eigenvalue weighted by atomic mass is 19.1. The zero-order valence-corrected chi connectivity index (χ0v) is 22.2. The molecule has 1 fully saturated rings. The number of hydrogen-bond donors (Lipinski definition) is 4. The average Bonchev–Trinajstić information content (AvgIpc) is 3.28. The van der Waals surface area contributed by atoms with Crippen molar-refractivity contribution in [3.05, 3.63) is 113 Å². The largest absolute Gasteiger partial charge is 0.364 e. The van der Waals surface area contributed by atoms with Gasteiger partial charge in [-0.15, -0.1) is 0 Å². The van der Waals surface area contributed by atoms with Crippen LogP contribution in [0.1, 0.15) is 65.2 Å². The molecule has 0 aliphatic heterocycles. The average molecular weight is 539 g/mol. The van der Waals surface area contributed by atoms with Crippen LogP contribution in [0, 0.1) is 22.6 Å². The number of amides is 2. The van der Waals surface area contributed by atoms with E-state index in [9.17, 15) is 14.0 Å². The molecule has 2 aliphatic rings. The Labute approximate surface area is 232 Å². The summed E-state index contributed by atoms with van der Waals surface area (Å²) in [5, 5.41) is 14.6. The van der Waals surface area contributed by atoms with Crippen LogP contribution < -0.4 is 16.4 Å². The molecule has 5 N–H and O–H groups in total. The highest BCUT2D eigenvalue weighted by Gasteiger charge is 2.46. The maximum atomic E-state index is 13.4. The lowest BCUT2D eigenvalue weighted by molar-refractivity contribution is 0.0903. The number of fused-ring (bicyclic) bond motifs is 1. The third kappa shape index (κ3) is 5.40. The first-order valence-corrected chi connectivity index (χ1v) is 13.2. The van der Waals surface area contributed by atoms with Gasteiger partial charge in [0, 0.05) is 30.0 Å². The predicted molar refractivity (Wildman–Crippen MR) is 151 cm³/mol. The van der Waals surface area contributed by atoms with Gasteiger partial charge >= 0.3 is 0 Å². The molecule has 3 aromatic rings. The lowest BCUT2D eigenvalue weighted by atomic mass is 9.67. The first-order valence-electron chi connectivity index (χ1n) is 13.2. The van der Waals surface area contributed by atoms with Gasteiger partial charge < -0.3 is 21.8 Å². The number of benzene rings is 2. The molecule has 5 rings (SSSR count). The SMILES string of the molecule is C[C@]12CC(C=N)=C(Nc3ccc(F)cc3)C=C1CC[C@@H]2CC(NC(=O)c1nccnc1C(N)=O)c1ccccc1. The molecule has 2 aliphatic carbocycles. The van der Waals surface area contributed by atoms with Gasteiger partial charge in [-0.1, -0.05) is 42.8 Å². The van der Waals surface area contributed by atoms with E-state index in [0.29, 0.717) is 12.8 Å². The minimum absolute atomic E-state index is 0.0997. The number of carbonyl (C=O) groups excluding carboxylic acids is 2. The van der Waals surface area contributed by atoms with Crippen LogP contribution >= 0.6 is 0 Å². The van der Waals surface area contributed by atoms with Crippen LogP contribution in [-0.4, -0.2) is 28.0 Å². The Hall–Kier alpha value is -4.66. The molecule has 0 radical (unpaired) electrons. The van der Waals surface area contributed by atoms with Crippen molar-refractivity contribution < 1.29 is 14.0 Å². The molecule has 1 heterocycles. The molecular formula is C31H31FN6O2. The Balaban J connectivity index is 1.40. The molecule has 0 bridgehead atoms.